The summed E-state index contributed by atoms with van der Waals surface area (Å²) in [6.45, 7) is 3.03. The Kier molecular flexibility index (Phi) is 3.73. The topological polar surface area (TPSA) is 34.9 Å². The molecule has 0 amide bonds. The summed E-state index contributed by atoms with van der Waals surface area (Å²) >= 11 is 0. The largest absolute Gasteiger partial charge is 0.390 e. The van der Waals surface area contributed by atoms with Crippen LogP contribution in [0.3, 0.4) is 0 Å². The predicted molar refractivity (Wildman–Crippen MR) is 65.1 cm³/mol. The van der Waals surface area contributed by atoms with Crippen molar-refractivity contribution in [2.45, 2.75) is 26.3 Å². The van der Waals surface area contributed by atoms with Crippen molar-refractivity contribution in [3.05, 3.63) is 29.8 Å². The van der Waals surface area contributed by atoms with Crippen molar-refractivity contribution >= 4 is 16.8 Å². The number of carbonyl (C=O) groups excluding carboxylic acids is 1. The van der Waals surface area contributed by atoms with Crippen molar-refractivity contribution < 1.29 is 26.7 Å². The molecule has 2 rings (SSSR count). The molecule has 2 heterocycles. The molecule has 0 saturated heterocycles. The minimum Gasteiger partial charge on any atom is -0.294 e. The van der Waals surface area contributed by atoms with Gasteiger partial charge in [-0.25, -0.2) is 18.2 Å². The highest BCUT2D eigenvalue weighted by molar-refractivity contribution is 6.08. The smallest absolute Gasteiger partial charge is 0.294 e. The normalized spacial score (nSPS) is 12.6. The highest BCUT2D eigenvalue weighted by Gasteiger charge is 2.44. The van der Waals surface area contributed by atoms with Crippen LogP contribution in [0, 0.1) is 11.7 Å². The minimum atomic E-state index is -4.54. The lowest BCUT2D eigenvalue weighted by molar-refractivity contribution is -0.187. The maximum atomic E-state index is 13.6. The van der Waals surface area contributed by atoms with E-state index in [-0.39, 0.29) is 15.5 Å². The molecule has 0 aliphatic carbocycles. The molecule has 0 aliphatic rings. The van der Waals surface area contributed by atoms with Gasteiger partial charge in [0.15, 0.2) is 5.78 Å². The van der Waals surface area contributed by atoms with E-state index in [2.05, 4.69) is 4.98 Å². The van der Waals surface area contributed by atoms with Crippen molar-refractivity contribution in [2.24, 2.45) is 5.92 Å². The van der Waals surface area contributed by atoms with Crippen LogP contribution in [0.1, 0.15) is 24.2 Å². The Balaban J connectivity index is 2.77. The van der Waals surface area contributed by atoms with Gasteiger partial charge in [-0.3, -0.25) is 9.36 Å². The summed E-state index contributed by atoms with van der Waals surface area (Å²) in [6, 6.07) is -3.71. The molecule has 0 unspecified atom stereocenters. The fourth-order valence-electron chi connectivity index (χ4n) is 1.92. The van der Waals surface area contributed by atoms with E-state index in [4.69, 9.17) is 0 Å². The first-order valence-electron chi connectivity index (χ1n) is 6.03. The number of hydrogen-bond donors (Lipinski definition) is 0. The van der Waals surface area contributed by atoms with E-state index >= 15 is 0 Å². The van der Waals surface area contributed by atoms with E-state index in [0.29, 0.717) is 12.4 Å². The molecular weight excluding hydrogens is 295 g/mol. The zero-order valence-electron chi connectivity index (χ0n) is 11.1. The third-order valence-corrected chi connectivity index (χ3v) is 2.98. The summed E-state index contributed by atoms with van der Waals surface area (Å²) in [6.07, 6.45) is -2.75. The Morgan fingerprint density at radius 2 is 1.95 bits per heavy atom. The number of Topliss-reactive ketones (excluding diaryl/α,β-unsaturated/α-hetero) is 1. The highest BCUT2D eigenvalue weighted by atomic mass is 19.3. The van der Waals surface area contributed by atoms with Crippen LogP contribution in [0.4, 0.5) is 22.0 Å². The van der Waals surface area contributed by atoms with Gasteiger partial charge in [-0.2, -0.15) is 8.78 Å². The molecule has 3 nitrogen and oxygen atoms in total. The van der Waals surface area contributed by atoms with Crippen LogP contribution in [-0.2, 0) is 6.05 Å². The van der Waals surface area contributed by atoms with Crippen molar-refractivity contribution in [1.82, 2.24) is 9.55 Å². The molecule has 114 valence electrons. The zero-order valence-corrected chi connectivity index (χ0v) is 11.1. The minimum absolute atomic E-state index is 0.0813. The first-order chi connectivity index (χ1) is 9.66. The number of rotatable bonds is 4. The maximum Gasteiger partial charge on any atom is 0.390 e. The van der Waals surface area contributed by atoms with E-state index in [9.17, 15) is 26.7 Å². The van der Waals surface area contributed by atoms with E-state index in [1.165, 1.54) is 13.8 Å². The van der Waals surface area contributed by atoms with Crippen LogP contribution in [0.25, 0.3) is 11.0 Å². The van der Waals surface area contributed by atoms with Crippen LogP contribution >= 0.6 is 0 Å². The summed E-state index contributed by atoms with van der Waals surface area (Å²) in [4.78, 5) is 15.4. The quantitative estimate of drug-likeness (QED) is 0.635. The Morgan fingerprint density at radius 1 is 1.33 bits per heavy atom. The molecule has 0 fully saturated rings. The Labute approximate surface area is 116 Å². The summed E-state index contributed by atoms with van der Waals surface area (Å²) in [5.74, 6) is -1.97. The molecule has 0 aromatic carbocycles. The number of carbonyl (C=O) groups is 1. The third-order valence-electron chi connectivity index (χ3n) is 2.98. The van der Waals surface area contributed by atoms with Gasteiger partial charge in [0, 0.05) is 23.1 Å². The van der Waals surface area contributed by atoms with Crippen molar-refractivity contribution in [2.75, 3.05) is 0 Å². The summed E-state index contributed by atoms with van der Waals surface area (Å²) < 4.78 is 65.3. The van der Waals surface area contributed by atoms with Crippen molar-refractivity contribution in [3.8, 4) is 0 Å². The molecule has 0 saturated carbocycles. The summed E-state index contributed by atoms with van der Waals surface area (Å²) in [5.41, 5.74) is -0.821. The van der Waals surface area contributed by atoms with Crippen LogP contribution in [0.5, 0.6) is 0 Å². The number of hydrogen-bond acceptors (Lipinski definition) is 2. The molecular formula is C13H11F5N2O. The van der Waals surface area contributed by atoms with Crippen molar-refractivity contribution in [1.29, 1.82) is 0 Å². The van der Waals surface area contributed by atoms with Crippen LogP contribution in [0.15, 0.2) is 18.5 Å². The van der Waals surface area contributed by atoms with E-state index < -0.39 is 35.6 Å². The average molecular weight is 306 g/mol. The molecule has 0 aliphatic heterocycles. The number of aromatic nitrogens is 2. The number of pyridine rings is 1. The lowest BCUT2D eigenvalue weighted by Gasteiger charge is -2.17. The first kappa shape index (κ1) is 15.4. The number of halogens is 5. The molecule has 0 radical (unpaired) electrons. The second kappa shape index (κ2) is 5.09. The Hall–Kier alpha value is -1.99. The van der Waals surface area contributed by atoms with E-state index in [0.717, 1.165) is 6.07 Å². The van der Waals surface area contributed by atoms with Gasteiger partial charge in [-0.1, -0.05) is 13.8 Å². The van der Waals surface area contributed by atoms with Crippen LogP contribution in [-0.4, -0.2) is 21.8 Å². The highest BCUT2D eigenvalue weighted by Crippen LogP contribution is 2.34. The number of nitrogens with zero attached hydrogens (tertiary/aromatic N) is 2. The molecule has 0 N–H and O–H groups in total. The molecule has 0 bridgehead atoms. The maximum absolute atomic E-state index is 13.6. The first-order valence-corrected chi connectivity index (χ1v) is 6.03. The molecule has 2 aromatic heterocycles. The second-order valence-corrected chi connectivity index (χ2v) is 4.84. The van der Waals surface area contributed by atoms with Crippen LogP contribution in [0.2, 0.25) is 0 Å². The van der Waals surface area contributed by atoms with Gasteiger partial charge >= 0.3 is 12.5 Å². The number of ketones is 1. The Bertz CT molecular complexity index is 693. The SMILES string of the molecule is CC(C)C(=O)c1cn(C(F)(F)C(F)F)c2ncc(F)cc12. The van der Waals surface area contributed by atoms with Gasteiger partial charge in [0.1, 0.15) is 11.5 Å². The standard InChI is InChI=1S/C13H11F5N2O/c1-6(2)10(21)9-5-20(13(17,18)12(15)16)11-8(9)3-7(14)4-19-11/h3-6,12H,1-2H3. The second-order valence-electron chi connectivity index (χ2n) is 4.84. The van der Waals surface area contributed by atoms with Gasteiger partial charge in [0.05, 0.1) is 6.20 Å². The molecule has 0 spiro atoms. The van der Waals surface area contributed by atoms with E-state index in [1.807, 2.05) is 0 Å². The van der Waals surface area contributed by atoms with Gasteiger partial charge < -0.3 is 0 Å². The molecule has 0 atom stereocenters. The lowest BCUT2D eigenvalue weighted by Crippen LogP contribution is -2.31. The summed E-state index contributed by atoms with van der Waals surface area (Å²) in [5, 5.41) is -0.214. The Morgan fingerprint density at radius 3 is 2.48 bits per heavy atom. The average Bonchev–Trinajstić information content (AvgIpc) is 2.76. The molecule has 21 heavy (non-hydrogen) atoms. The fourth-order valence-corrected chi connectivity index (χ4v) is 1.92. The van der Waals surface area contributed by atoms with Gasteiger partial charge in [0.25, 0.3) is 0 Å². The predicted octanol–water partition coefficient (Wildman–Crippen LogP) is 3.83. The molecule has 2 aromatic rings. The number of fused-ring (bicyclic) bond motifs is 1. The summed E-state index contributed by atoms with van der Waals surface area (Å²) in [7, 11) is 0. The fraction of sp³-hybridized carbons (Fsp3) is 0.385. The van der Waals surface area contributed by atoms with Gasteiger partial charge in [-0.05, 0) is 6.07 Å². The van der Waals surface area contributed by atoms with Gasteiger partial charge in [0.2, 0.25) is 0 Å². The van der Waals surface area contributed by atoms with Crippen molar-refractivity contribution in [3.63, 3.8) is 0 Å². The monoisotopic (exact) mass is 306 g/mol. The zero-order chi connectivity index (χ0) is 15.9. The number of alkyl halides is 4. The van der Waals surface area contributed by atoms with Crippen LogP contribution < -0.4 is 0 Å². The lowest BCUT2D eigenvalue weighted by atomic mass is 10.0. The van der Waals surface area contributed by atoms with Gasteiger partial charge in [-0.15, -0.1) is 0 Å². The third kappa shape index (κ3) is 2.50. The molecule has 8 heteroatoms. The van der Waals surface area contributed by atoms with E-state index in [1.54, 1.807) is 0 Å².